The molecule has 2 heteroatoms. The molecule has 0 saturated carbocycles. The topological polar surface area (TPSA) is 6.48 Å². The molecule has 0 bridgehead atoms. The summed E-state index contributed by atoms with van der Waals surface area (Å²) in [6.45, 7) is 14.0. The van der Waals surface area contributed by atoms with Crippen molar-refractivity contribution < 1.29 is 0 Å². The van der Waals surface area contributed by atoms with Crippen molar-refractivity contribution in [3.8, 4) is 0 Å². The van der Waals surface area contributed by atoms with Gasteiger partial charge in [-0.2, -0.15) is 0 Å². The molecule has 0 saturated heterocycles. The summed E-state index contributed by atoms with van der Waals surface area (Å²) in [6.07, 6.45) is 0. The monoisotopic (exact) mass is 620 g/mol. The molecule has 0 spiro atoms. The van der Waals surface area contributed by atoms with Crippen molar-refractivity contribution in [2.24, 2.45) is 0 Å². The Hall–Kier alpha value is -5.34. The molecular formula is C46H40N2. The van der Waals surface area contributed by atoms with Crippen molar-refractivity contribution in [1.82, 2.24) is 0 Å². The molecule has 2 aliphatic rings. The van der Waals surface area contributed by atoms with Crippen LogP contribution in [0.25, 0.3) is 21.5 Å². The summed E-state index contributed by atoms with van der Waals surface area (Å²) in [7, 11) is 0. The summed E-state index contributed by atoms with van der Waals surface area (Å²) in [5, 5.41) is 5.04. The van der Waals surface area contributed by atoms with Gasteiger partial charge in [0.25, 0.3) is 0 Å². The van der Waals surface area contributed by atoms with E-state index in [1.807, 2.05) is 0 Å². The first-order valence-corrected chi connectivity index (χ1v) is 17.1. The number of rotatable bonds is 3. The third-order valence-electron chi connectivity index (χ3n) is 11.0. The van der Waals surface area contributed by atoms with Gasteiger partial charge in [0.1, 0.15) is 0 Å². The molecule has 2 aliphatic heterocycles. The number of hydrogen-bond donors (Lipinski definition) is 0. The van der Waals surface area contributed by atoms with Crippen LogP contribution in [0.3, 0.4) is 0 Å². The van der Waals surface area contributed by atoms with E-state index in [1.165, 1.54) is 83.4 Å². The fourth-order valence-corrected chi connectivity index (χ4v) is 8.74. The third-order valence-corrected chi connectivity index (χ3v) is 11.0. The van der Waals surface area contributed by atoms with Crippen LogP contribution in [-0.4, -0.2) is 0 Å². The minimum absolute atomic E-state index is 0.0943. The Morgan fingerprint density at radius 1 is 0.458 bits per heavy atom. The van der Waals surface area contributed by atoms with E-state index in [1.54, 1.807) is 0 Å². The highest BCUT2D eigenvalue weighted by molar-refractivity contribution is 6.14. The zero-order valence-corrected chi connectivity index (χ0v) is 28.6. The van der Waals surface area contributed by atoms with Crippen LogP contribution in [0.2, 0.25) is 0 Å². The van der Waals surface area contributed by atoms with E-state index in [0.29, 0.717) is 0 Å². The summed E-state index contributed by atoms with van der Waals surface area (Å²) >= 11 is 0. The Bertz CT molecular complexity index is 2430. The van der Waals surface area contributed by atoms with Crippen LogP contribution < -0.4 is 9.80 Å². The molecule has 0 aliphatic carbocycles. The molecule has 0 amide bonds. The standard InChI is InChI=1S/C46H40N2/c1-29-24-30(2)26-33(25-29)47(43-27-31-14-7-8-15-34(31)35-16-9-10-17-36(35)43)32-22-23-42-40(28-32)46(5,6)39-20-13-19-38-44(39)48(42)41-21-12-11-18-37(41)45(38,3)4/h7-28H,1-6H3. The lowest BCUT2D eigenvalue weighted by atomic mass is 9.66. The van der Waals surface area contributed by atoms with Gasteiger partial charge in [-0.15, -0.1) is 0 Å². The number of aryl methyl sites for hydroxylation is 2. The molecule has 2 heterocycles. The molecule has 48 heavy (non-hydrogen) atoms. The number of anilines is 6. The number of para-hydroxylation sites is 2. The van der Waals surface area contributed by atoms with E-state index >= 15 is 0 Å². The van der Waals surface area contributed by atoms with Crippen LogP contribution in [0.15, 0.2) is 133 Å². The quantitative estimate of drug-likeness (QED) is 0.181. The summed E-state index contributed by atoms with van der Waals surface area (Å²) in [5.41, 5.74) is 15.1. The lowest BCUT2D eigenvalue weighted by molar-refractivity contribution is 0.597. The van der Waals surface area contributed by atoms with Crippen molar-refractivity contribution in [1.29, 1.82) is 0 Å². The molecule has 0 N–H and O–H groups in total. The molecule has 9 rings (SSSR count). The van der Waals surface area contributed by atoms with Gasteiger partial charge in [0.15, 0.2) is 0 Å². The van der Waals surface area contributed by atoms with E-state index in [9.17, 15) is 0 Å². The third kappa shape index (κ3) is 3.99. The van der Waals surface area contributed by atoms with Gasteiger partial charge in [-0.1, -0.05) is 119 Å². The van der Waals surface area contributed by atoms with Crippen LogP contribution in [0.1, 0.15) is 61.1 Å². The summed E-state index contributed by atoms with van der Waals surface area (Å²) in [5.74, 6) is 0. The SMILES string of the molecule is Cc1cc(C)cc(N(c2ccc3c(c2)C(C)(C)c2cccc4c2N3c2ccccc2C4(C)C)c2cc3ccccc3c3ccccc23)c1. The second-order valence-corrected chi connectivity index (χ2v) is 14.8. The maximum Gasteiger partial charge on any atom is 0.0546 e. The van der Waals surface area contributed by atoms with Gasteiger partial charge < -0.3 is 9.80 Å². The molecule has 7 aromatic rings. The van der Waals surface area contributed by atoms with Crippen LogP contribution >= 0.6 is 0 Å². The Morgan fingerprint density at radius 2 is 1.04 bits per heavy atom. The van der Waals surface area contributed by atoms with Crippen molar-refractivity contribution >= 4 is 55.7 Å². The number of nitrogens with zero attached hydrogens (tertiary/aromatic N) is 2. The Balaban J connectivity index is 1.34. The normalized spacial score (nSPS) is 15.2. The minimum Gasteiger partial charge on any atom is -0.310 e. The molecule has 7 aromatic carbocycles. The number of benzene rings is 7. The Labute approximate surface area is 283 Å². The molecule has 234 valence electrons. The largest absolute Gasteiger partial charge is 0.310 e. The van der Waals surface area contributed by atoms with Gasteiger partial charge in [-0.3, -0.25) is 0 Å². The van der Waals surface area contributed by atoms with Crippen molar-refractivity contribution in [2.75, 3.05) is 9.80 Å². The van der Waals surface area contributed by atoms with E-state index in [0.717, 1.165) is 5.69 Å². The van der Waals surface area contributed by atoms with Crippen LogP contribution in [0.4, 0.5) is 34.1 Å². The van der Waals surface area contributed by atoms with Crippen LogP contribution in [-0.2, 0) is 10.8 Å². The van der Waals surface area contributed by atoms with Crippen molar-refractivity contribution in [3.63, 3.8) is 0 Å². The number of hydrogen-bond acceptors (Lipinski definition) is 2. The minimum atomic E-state index is -0.213. The van der Waals surface area contributed by atoms with Crippen LogP contribution in [0, 0.1) is 13.8 Å². The second kappa shape index (κ2) is 10.1. The van der Waals surface area contributed by atoms with Gasteiger partial charge in [-0.25, -0.2) is 0 Å². The molecule has 2 nitrogen and oxygen atoms in total. The first-order chi connectivity index (χ1) is 23.1. The van der Waals surface area contributed by atoms with Gasteiger partial charge in [0, 0.05) is 27.6 Å². The lowest BCUT2D eigenvalue weighted by Gasteiger charge is -2.49. The van der Waals surface area contributed by atoms with Crippen molar-refractivity contribution in [3.05, 3.63) is 167 Å². The summed E-state index contributed by atoms with van der Waals surface area (Å²) < 4.78 is 0. The van der Waals surface area contributed by atoms with Gasteiger partial charge >= 0.3 is 0 Å². The molecule has 0 atom stereocenters. The first-order valence-electron chi connectivity index (χ1n) is 17.1. The fourth-order valence-electron chi connectivity index (χ4n) is 8.74. The Morgan fingerprint density at radius 3 is 1.79 bits per heavy atom. The highest BCUT2D eigenvalue weighted by Gasteiger charge is 2.45. The molecular weight excluding hydrogens is 581 g/mol. The average molecular weight is 621 g/mol. The maximum atomic E-state index is 2.54. The molecule has 0 unspecified atom stereocenters. The molecule has 0 aromatic heterocycles. The van der Waals surface area contributed by atoms with E-state index in [-0.39, 0.29) is 10.8 Å². The highest BCUT2D eigenvalue weighted by atomic mass is 15.2. The maximum absolute atomic E-state index is 2.54. The molecule has 0 fully saturated rings. The van der Waals surface area contributed by atoms with Crippen molar-refractivity contribution in [2.45, 2.75) is 52.4 Å². The number of fused-ring (bicyclic) bond motifs is 7. The summed E-state index contributed by atoms with van der Waals surface area (Å²) in [6, 6.07) is 50.0. The molecule has 0 radical (unpaired) electrons. The highest BCUT2D eigenvalue weighted by Crippen LogP contribution is 2.60. The van der Waals surface area contributed by atoms with Gasteiger partial charge in [0.05, 0.1) is 22.7 Å². The predicted octanol–water partition coefficient (Wildman–Crippen LogP) is 12.8. The van der Waals surface area contributed by atoms with Crippen LogP contribution in [0.5, 0.6) is 0 Å². The predicted molar refractivity (Wildman–Crippen MR) is 205 cm³/mol. The summed E-state index contributed by atoms with van der Waals surface area (Å²) in [4.78, 5) is 5.03. The van der Waals surface area contributed by atoms with E-state index in [2.05, 4.69) is 185 Å². The lowest BCUT2D eigenvalue weighted by Crippen LogP contribution is -2.38. The Kier molecular flexibility index (Phi) is 6.06. The smallest absolute Gasteiger partial charge is 0.0546 e. The van der Waals surface area contributed by atoms with E-state index in [4.69, 9.17) is 0 Å². The van der Waals surface area contributed by atoms with Gasteiger partial charge in [-0.05, 0) is 106 Å². The van der Waals surface area contributed by atoms with Gasteiger partial charge in [0.2, 0.25) is 0 Å². The van der Waals surface area contributed by atoms with E-state index < -0.39 is 0 Å². The first kappa shape index (κ1) is 28.8. The zero-order chi connectivity index (χ0) is 32.9. The second-order valence-electron chi connectivity index (χ2n) is 14.8. The fraction of sp³-hybridized carbons (Fsp3) is 0.174. The average Bonchev–Trinajstić information content (AvgIpc) is 3.08. The zero-order valence-electron chi connectivity index (χ0n) is 28.6.